The zero-order valence-electron chi connectivity index (χ0n) is 17.5. The summed E-state index contributed by atoms with van der Waals surface area (Å²) in [5.41, 5.74) is -0.0315. The number of piperidine rings is 1. The lowest BCUT2D eigenvalue weighted by molar-refractivity contribution is -0.136. The van der Waals surface area contributed by atoms with Crippen LogP contribution >= 0.6 is 0 Å². The fraction of sp³-hybridized carbons (Fsp3) is 0.500. The van der Waals surface area contributed by atoms with Crippen LogP contribution in [0.3, 0.4) is 0 Å². The Hall–Kier alpha value is -2.71. The van der Waals surface area contributed by atoms with Crippen LogP contribution in [-0.4, -0.2) is 63.9 Å². The van der Waals surface area contributed by atoms with Crippen LogP contribution in [0, 0.1) is 0 Å². The van der Waals surface area contributed by atoms with Crippen LogP contribution in [0.15, 0.2) is 40.9 Å². The SMILES string of the molecule is CCN1C(=O)N(Cc2ccccn2)C(=O)C12CCN(Cc1ccc(COC)o1)CC2. The van der Waals surface area contributed by atoms with Crippen molar-refractivity contribution in [3.63, 3.8) is 0 Å². The van der Waals surface area contributed by atoms with Crippen molar-refractivity contribution in [2.75, 3.05) is 26.7 Å². The van der Waals surface area contributed by atoms with Gasteiger partial charge in [-0.25, -0.2) is 4.79 Å². The first kappa shape index (κ1) is 20.6. The first-order chi connectivity index (χ1) is 14.6. The summed E-state index contributed by atoms with van der Waals surface area (Å²) in [5.74, 6) is 1.59. The van der Waals surface area contributed by atoms with E-state index in [0.29, 0.717) is 32.5 Å². The Bertz CT molecular complexity index is 890. The number of furan rings is 1. The molecule has 2 aromatic heterocycles. The highest BCUT2D eigenvalue weighted by Gasteiger charge is 2.57. The van der Waals surface area contributed by atoms with Crippen molar-refractivity contribution in [2.24, 2.45) is 0 Å². The van der Waals surface area contributed by atoms with E-state index in [4.69, 9.17) is 9.15 Å². The van der Waals surface area contributed by atoms with E-state index in [2.05, 4.69) is 9.88 Å². The Morgan fingerprint density at radius 1 is 1.10 bits per heavy atom. The van der Waals surface area contributed by atoms with Crippen molar-refractivity contribution >= 4 is 11.9 Å². The molecule has 0 unspecified atom stereocenters. The van der Waals surface area contributed by atoms with Crippen molar-refractivity contribution in [1.29, 1.82) is 0 Å². The number of nitrogens with zero attached hydrogens (tertiary/aromatic N) is 4. The average Bonchev–Trinajstić information content (AvgIpc) is 3.27. The number of amides is 3. The maximum absolute atomic E-state index is 13.4. The number of likely N-dealkylation sites (tertiary alicyclic amines) is 1. The summed E-state index contributed by atoms with van der Waals surface area (Å²) < 4.78 is 10.9. The zero-order valence-corrected chi connectivity index (χ0v) is 17.5. The Morgan fingerprint density at radius 2 is 1.87 bits per heavy atom. The molecule has 0 atom stereocenters. The molecule has 4 heterocycles. The molecule has 0 bridgehead atoms. The van der Waals surface area contributed by atoms with Crippen LogP contribution in [-0.2, 0) is 29.2 Å². The Kier molecular flexibility index (Phi) is 5.87. The lowest BCUT2D eigenvalue weighted by Crippen LogP contribution is -2.56. The highest BCUT2D eigenvalue weighted by molar-refractivity contribution is 6.07. The molecule has 4 rings (SSSR count). The van der Waals surface area contributed by atoms with Gasteiger partial charge >= 0.3 is 6.03 Å². The number of imide groups is 1. The van der Waals surface area contributed by atoms with E-state index in [-0.39, 0.29) is 18.5 Å². The fourth-order valence-electron chi connectivity index (χ4n) is 4.53. The smallest absolute Gasteiger partial charge is 0.328 e. The molecule has 2 saturated heterocycles. The molecule has 2 aromatic rings. The Balaban J connectivity index is 1.44. The van der Waals surface area contributed by atoms with Gasteiger partial charge in [-0.1, -0.05) is 6.07 Å². The van der Waals surface area contributed by atoms with Gasteiger partial charge in [0.25, 0.3) is 5.91 Å². The maximum atomic E-state index is 13.4. The van der Waals surface area contributed by atoms with Gasteiger partial charge in [0.2, 0.25) is 0 Å². The van der Waals surface area contributed by atoms with E-state index in [9.17, 15) is 9.59 Å². The Morgan fingerprint density at radius 3 is 2.53 bits per heavy atom. The van der Waals surface area contributed by atoms with E-state index in [0.717, 1.165) is 30.3 Å². The van der Waals surface area contributed by atoms with Gasteiger partial charge in [0.15, 0.2) is 0 Å². The number of rotatable bonds is 7. The van der Waals surface area contributed by atoms with Crippen molar-refractivity contribution in [1.82, 2.24) is 19.7 Å². The van der Waals surface area contributed by atoms with Gasteiger partial charge in [-0.3, -0.25) is 19.6 Å². The van der Waals surface area contributed by atoms with E-state index < -0.39 is 5.54 Å². The molecule has 2 aliphatic heterocycles. The van der Waals surface area contributed by atoms with Crippen LogP contribution in [0.25, 0.3) is 0 Å². The van der Waals surface area contributed by atoms with Gasteiger partial charge in [0.05, 0.1) is 18.8 Å². The van der Waals surface area contributed by atoms with Gasteiger partial charge in [-0.05, 0) is 44.0 Å². The number of aromatic nitrogens is 1. The number of ether oxygens (including phenoxy) is 1. The molecule has 1 spiro atoms. The molecule has 8 heteroatoms. The topological polar surface area (TPSA) is 79.1 Å². The van der Waals surface area contributed by atoms with Crippen LogP contribution in [0.4, 0.5) is 4.79 Å². The second kappa shape index (κ2) is 8.57. The van der Waals surface area contributed by atoms with Crippen LogP contribution in [0.5, 0.6) is 0 Å². The molecule has 0 aromatic carbocycles. The lowest BCUT2D eigenvalue weighted by Gasteiger charge is -2.41. The molecule has 30 heavy (non-hydrogen) atoms. The molecule has 160 valence electrons. The molecule has 0 aliphatic carbocycles. The average molecular weight is 412 g/mol. The number of carbonyl (C=O) groups is 2. The number of pyridine rings is 1. The number of carbonyl (C=O) groups excluding carboxylic acids is 2. The van der Waals surface area contributed by atoms with Crippen molar-refractivity contribution in [3.8, 4) is 0 Å². The zero-order chi connectivity index (χ0) is 21.1. The van der Waals surface area contributed by atoms with E-state index in [1.165, 1.54) is 4.90 Å². The quantitative estimate of drug-likeness (QED) is 0.651. The molecule has 0 saturated carbocycles. The van der Waals surface area contributed by atoms with Gasteiger partial charge in [0.1, 0.15) is 23.7 Å². The minimum atomic E-state index is -0.749. The van der Waals surface area contributed by atoms with Crippen LogP contribution in [0.2, 0.25) is 0 Å². The van der Waals surface area contributed by atoms with Crippen molar-refractivity contribution < 1.29 is 18.7 Å². The highest BCUT2D eigenvalue weighted by Crippen LogP contribution is 2.38. The summed E-state index contributed by atoms with van der Waals surface area (Å²) in [7, 11) is 1.64. The van der Waals surface area contributed by atoms with E-state index in [1.54, 1.807) is 18.2 Å². The van der Waals surface area contributed by atoms with E-state index >= 15 is 0 Å². The van der Waals surface area contributed by atoms with E-state index in [1.807, 2.05) is 37.3 Å². The second-order valence-corrected chi connectivity index (χ2v) is 7.85. The highest BCUT2D eigenvalue weighted by atomic mass is 16.5. The third kappa shape index (κ3) is 3.73. The van der Waals surface area contributed by atoms with Crippen molar-refractivity contribution in [2.45, 2.75) is 45.0 Å². The summed E-state index contributed by atoms with van der Waals surface area (Å²) >= 11 is 0. The number of methoxy groups -OCH3 is 1. The monoisotopic (exact) mass is 412 g/mol. The molecular formula is C22H28N4O4. The summed E-state index contributed by atoms with van der Waals surface area (Å²) in [4.78, 5) is 36.1. The number of hydrogen-bond acceptors (Lipinski definition) is 6. The Labute approximate surface area is 176 Å². The predicted molar refractivity (Wildman–Crippen MR) is 109 cm³/mol. The fourth-order valence-corrected chi connectivity index (χ4v) is 4.53. The van der Waals surface area contributed by atoms with Crippen LogP contribution < -0.4 is 0 Å². The largest absolute Gasteiger partial charge is 0.462 e. The number of likely N-dealkylation sites (N-methyl/N-ethyl adjacent to an activating group) is 1. The summed E-state index contributed by atoms with van der Waals surface area (Å²) in [6.45, 7) is 5.27. The van der Waals surface area contributed by atoms with Gasteiger partial charge in [-0.15, -0.1) is 0 Å². The lowest BCUT2D eigenvalue weighted by atomic mass is 9.85. The van der Waals surface area contributed by atoms with Crippen LogP contribution in [0.1, 0.15) is 37.0 Å². The predicted octanol–water partition coefficient (Wildman–Crippen LogP) is 2.64. The van der Waals surface area contributed by atoms with Crippen molar-refractivity contribution in [3.05, 3.63) is 53.7 Å². The molecule has 3 amide bonds. The molecular weight excluding hydrogens is 384 g/mol. The molecule has 0 N–H and O–H groups in total. The second-order valence-electron chi connectivity index (χ2n) is 7.85. The minimum absolute atomic E-state index is 0.0972. The third-order valence-corrected chi connectivity index (χ3v) is 6.05. The summed E-state index contributed by atoms with van der Waals surface area (Å²) in [5, 5.41) is 0. The standard InChI is InChI=1S/C22H28N4O4/c1-3-26-21(28)25(14-17-6-4-5-11-23-17)20(27)22(26)9-12-24(13-10-22)15-18-7-8-19(30-18)16-29-2/h4-8,11H,3,9-10,12-16H2,1-2H3. The minimum Gasteiger partial charge on any atom is -0.462 e. The summed E-state index contributed by atoms with van der Waals surface area (Å²) in [6.07, 6.45) is 2.92. The first-order valence-corrected chi connectivity index (χ1v) is 10.4. The maximum Gasteiger partial charge on any atom is 0.328 e. The number of hydrogen-bond donors (Lipinski definition) is 0. The molecule has 8 nitrogen and oxygen atoms in total. The van der Waals surface area contributed by atoms with Gasteiger partial charge < -0.3 is 14.1 Å². The normalized spacial score (nSPS) is 19.3. The van der Waals surface area contributed by atoms with Gasteiger partial charge in [0, 0.05) is 32.9 Å². The number of urea groups is 1. The first-order valence-electron chi connectivity index (χ1n) is 10.4. The van der Waals surface area contributed by atoms with Gasteiger partial charge in [-0.2, -0.15) is 0 Å². The molecule has 2 aliphatic rings. The molecule has 0 radical (unpaired) electrons. The summed E-state index contributed by atoms with van der Waals surface area (Å²) in [6, 6.07) is 9.21. The molecule has 2 fully saturated rings. The third-order valence-electron chi connectivity index (χ3n) is 6.05.